The molecule has 1 fully saturated rings. The van der Waals surface area contributed by atoms with Crippen molar-refractivity contribution >= 4 is 17.2 Å². The predicted molar refractivity (Wildman–Crippen MR) is 145 cm³/mol. The molecule has 2 aromatic rings. The average molecular weight is 491 g/mol. The molecule has 0 spiro atoms. The van der Waals surface area contributed by atoms with Gasteiger partial charge in [0.25, 0.3) is 0 Å². The third-order valence-electron chi connectivity index (χ3n) is 5.77. The number of pyridine rings is 1. The van der Waals surface area contributed by atoms with Gasteiger partial charge in [0.1, 0.15) is 12.2 Å². The highest BCUT2D eigenvalue weighted by atomic mass is 32.1. The van der Waals surface area contributed by atoms with Crippen molar-refractivity contribution in [2.24, 2.45) is 0 Å². The maximum absolute atomic E-state index is 9.98. The summed E-state index contributed by atoms with van der Waals surface area (Å²) in [5.41, 5.74) is 7.19. The molecular formula is C28H34N4O2S. The molecule has 184 valence electrons. The molecule has 3 rings (SSSR count). The van der Waals surface area contributed by atoms with E-state index < -0.39 is 5.60 Å². The first kappa shape index (κ1) is 26.4. The van der Waals surface area contributed by atoms with Crippen LogP contribution in [0.25, 0.3) is 10.4 Å². The number of likely N-dealkylation sites (tertiary alicyclic amines) is 1. The first-order valence-electron chi connectivity index (χ1n) is 11.6. The third-order valence-corrected chi connectivity index (χ3v) is 6.97. The summed E-state index contributed by atoms with van der Waals surface area (Å²) in [5, 5.41) is 11.2. The molecule has 1 aliphatic heterocycles. The minimum Gasteiger partial charge on any atom is -0.485 e. The molecule has 6 nitrogen and oxygen atoms in total. The minimum atomic E-state index is -1.27. The number of hydrogen-bond acceptors (Lipinski definition) is 7. The van der Waals surface area contributed by atoms with Gasteiger partial charge in [0.05, 0.1) is 9.88 Å². The number of aliphatic hydroxyl groups is 1. The van der Waals surface area contributed by atoms with E-state index in [4.69, 9.17) is 15.5 Å². The third kappa shape index (κ3) is 7.66. The number of nitrogens with two attached hydrogens (primary N) is 1. The number of aromatic nitrogens is 2. The lowest BCUT2D eigenvalue weighted by Gasteiger charge is -2.27. The summed E-state index contributed by atoms with van der Waals surface area (Å²) in [4.78, 5) is 12.5. The Hall–Kier alpha value is -3.18. The van der Waals surface area contributed by atoms with Gasteiger partial charge in [0.15, 0.2) is 11.6 Å². The molecule has 3 N–H and O–H groups in total. The maximum atomic E-state index is 9.98. The second-order valence-electron chi connectivity index (χ2n) is 8.88. The van der Waals surface area contributed by atoms with Crippen LogP contribution in [0.15, 0.2) is 67.1 Å². The number of anilines is 1. The molecule has 1 saturated heterocycles. The molecule has 1 unspecified atom stereocenters. The molecule has 2 aromatic heterocycles. The lowest BCUT2D eigenvalue weighted by atomic mass is 9.98. The molecule has 1 aliphatic rings. The quantitative estimate of drug-likeness (QED) is 0.309. The van der Waals surface area contributed by atoms with Crippen LogP contribution in [0.1, 0.15) is 37.6 Å². The topological polar surface area (TPSA) is 84.5 Å². The maximum Gasteiger partial charge on any atom is 0.166 e. The molecular weight excluding hydrogens is 456 g/mol. The van der Waals surface area contributed by atoms with Crippen molar-refractivity contribution in [1.82, 2.24) is 14.9 Å². The van der Waals surface area contributed by atoms with Crippen molar-refractivity contribution in [2.45, 2.75) is 38.2 Å². The van der Waals surface area contributed by atoms with Crippen LogP contribution in [-0.4, -0.2) is 52.3 Å². The predicted octanol–water partition coefficient (Wildman–Crippen LogP) is 4.97. The Morgan fingerprint density at radius 1 is 1.37 bits per heavy atom. The number of nitrogen functional groups attached to an aromatic ring is 1. The lowest BCUT2D eigenvalue weighted by molar-refractivity contribution is 0.175. The van der Waals surface area contributed by atoms with Gasteiger partial charge in [-0.05, 0) is 70.6 Å². The summed E-state index contributed by atoms with van der Waals surface area (Å²) >= 11 is 1.72. The Kier molecular flexibility index (Phi) is 9.05. The van der Waals surface area contributed by atoms with Gasteiger partial charge in [0, 0.05) is 29.4 Å². The summed E-state index contributed by atoms with van der Waals surface area (Å²) in [5.74, 6) is 6.95. The number of piperidine rings is 1. The molecule has 0 aromatic carbocycles. The van der Waals surface area contributed by atoms with Crippen molar-refractivity contribution in [3.8, 4) is 28.0 Å². The van der Waals surface area contributed by atoms with Crippen molar-refractivity contribution in [1.29, 1.82) is 0 Å². The van der Waals surface area contributed by atoms with Gasteiger partial charge in [-0.15, -0.1) is 11.3 Å². The molecule has 0 radical (unpaired) electrons. The van der Waals surface area contributed by atoms with E-state index in [0.29, 0.717) is 23.1 Å². The zero-order chi connectivity index (χ0) is 25.4. The summed E-state index contributed by atoms with van der Waals surface area (Å²) in [7, 11) is 2.17. The van der Waals surface area contributed by atoms with Gasteiger partial charge >= 0.3 is 0 Å². The van der Waals surface area contributed by atoms with Gasteiger partial charge in [0.2, 0.25) is 0 Å². The Labute approximate surface area is 212 Å². The highest BCUT2D eigenvalue weighted by Gasteiger charge is 2.21. The van der Waals surface area contributed by atoms with Crippen molar-refractivity contribution in [3.05, 3.63) is 72.1 Å². The normalized spacial score (nSPS) is 17.0. The number of allylic oxidation sites excluding steroid dienone is 3. The minimum absolute atomic E-state index is 0.266. The zero-order valence-electron chi connectivity index (χ0n) is 20.8. The standard InChI is InChI=1S/C28H34N4O2S/c1-6-8-21(15-20(3)9-12-28(4,33)7-2)19-34-24-16-23(17-30-26(24)29)25-18-31-27(35-25)22-10-13-32(5)14-11-22/h6-8,15-18,22,33H,2-3,10-11,13-14,19H2,1,4-5H3,(H2,29,30)/b8-6-,21-15+. The Balaban J connectivity index is 1.73. The van der Waals surface area contributed by atoms with E-state index in [0.717, 1.165) is 41.9 Å². The summed E-state index contributed by atoms with van der Waals surface area (Å²) in [6, 6.07) is 1.91. The summed E-state index contributed by atoms with van der Waals surface area (Å²) in [6.07, 6.45) is 13.0. The first-order chi connectivity index (χ1) is 16.7. The van der Waals surface area contributed by atoms with E-state index >= 15 is 0 Å². The molecule has 0 saturated carbocycles. The van der Waals surface area contributed by atoms with Crippen LogP contribution in [0.3, 0.4) is 0 Å². The average Bonchev–Trinajstić information content (AvgIpc) is 3.33. The summed E-state index contributed by atoms with van der Waals surface area (Å²) in [6.45, 7) is 13.5. The van der Waals surface area contributed by atoms with Crippen LogP contribution in [0.4, 0.5) is 5.82 Å². The Morgan fingerprint density at radius 2 is 2.11 bits per heavy atom. The Morgan fingerprint density at radius 3 is 2.80 bits per heavy atom. The highest BCUT2D eigenvalue weighted by molar-refractivity contribution is 7.15. The van der Waals surface area contributed by atoms with Crippen LogP contribution < -0.4 is 10.5 Å². The number of ether oxygens (including phenoxy) is 1. The Bertz CT molecular complexity index is 1180. The van der Waals surface area contributed by atoms with Gasteiger partial charge in [-0.1, -0.05) is 37.2 Å². The van der Waals surface area contributed by atoms with Crippen LogP contribution in [0, 0.1) is 11.8 Å². The second-order valence-corrected chi connectivity index (χ2v) is 9.94. The van der Waals surface area contributed by atoms with E-state index in [9.17, 15) is 5.11 Å². The SMILES string of the molecule is C=CC(C)(O)C#CC(=C)/C=C(\C=C/C)COc1cc(-c2cnc(C3CCN(C)CC3)s2)cnc1N. The van der Waals surface area contributed by atoms with Crippen LogP contribution >= 0.6 is 11.3 Å². The van der Waals surface area contributed by atoms with Crippen molar-refractivity contribution in [3.63, 3.8) is 0 Å². The number of hydrogen-bond donors (Lipinski definition) is 2. The smallest absolute Gasteiger partial charge is 0.166 e. The van der Waals surface area contributed by atoms with Gasteiger partial charge < -0.3 is 20.5 Å². The zero-order valence-corrected chi connectivity index (χ0v) is 21.6. The van der Waals surface area contributed by atoms with Crippen LogP contribution in [0.5, 0.6) is 5.75 Å². The van der Waals surface area contributed by atoms with Crippen LogP contribution in [-0.2, 0) is 0 Å². The molecule has 35 heavy (non-hydrogen) atoms. The second kappa shape index (κ2) is 12.0. The number of thiazole rings is 1. The highest BCUT2D eigenvalue weighted by Crippen LogP contribution is 2.36. The fourth-order valence-electron chi connectivity index (χ4n) is 3.60. The molecule has 0 bridgehead atoms. The molecule has 1 atom stereocenters. The van der Waals surface area contributed by atoms with Crippen LogP contribution in [0.2, 0.25) is 0 Å². The number of rotatable bonds is 8. The van der Waals surface area contributed by atoms with E-state index in [1.165, 1.54) is 11.1 Å². The summed E-state index contributed by atoms with van der Waals surface area (Å²) < 4.78 is 6.03. The fraction of sp³-hybridized carbons (Fsp3) is 0.357. The fourth-order valence-corrected chi connectivity index (χ4v) is 4.67. The largest absolute Gasteiger partial charge is 0.485 e. The lowest BCUT2D eigenvalue weighted by Crippen LogP contribution is -2.29. The molecule has 7 heteroatoms. The number of nitrogens with zero attached hydrogens (tertiary/aromatic N) is 3. The van der Waals surface area contributed by atoms with Gasteiger partial charge in [-0.25, -0.2) is 9.97 Å². The van der Waals surface area contributed by atoms with Gasteiger partial charge in [-0.2, -0.15) is 0 Å². The van der Waals surface area contributed by atoms with E-state index in [-0.39, 0.29) is 6.61 Å². The van der Waals surface area contributed by atoms with Crippen molar-refractivity contribution < 1.29 is 9.84 Å². The molecule has 0 aliphatic carbocycles. The van der Waals surface area contributed by atoms with E-state index in [1.54, 1.807) is 24.5 Å². The van der Waals surface area contributed by atoms with Gasteiger partial charge in [-0.3, -0.25) is 0 Å². The van der Waals surface area contributed by atoms with Crippen molar-refractivity contribution in [2.75, 3.05) is 32.5 Å². The molecule has 0 amide bonds. The first-order valence-corrected chi connectivity index (χ1v) is 12.5. The monoisotopic (exact) mass is 490 g/mol. The van der Waals surface area contributed by atoms with E-state index in [1.807, 2.05) is 37.4 Å². The molecule has 3 heterocycles. The van der Waals surface area contributed by atoms with E-state index in [2.05, 4.69) is 41.9 Å².